The zero-order valence-electron chi connectivity index (χ0n) is 12.9. The highest BCUT2D eigenvalue weighted by atomic mass is 16.4. The Balaban J connectivity index is 2.37. The van der Waals surface area contributed by atoms with Gasteiger partial charge in [-0.2, -0.15) is 5.10 Å². The summed E-state index contributed by atoms with van der Waals surface area (Å²) in [6, 6.07) is 7.75. The van der Waals surface area contributed by atoms with Crippen molar-refractivity contribution in [3.8, 4) is 5.69 Å². The van der Waals surface area contributed by atoms with Gasteiger partial charge in [0.15, 0.2) is 0 Å². The fourth-order valence-electron chi connectivity index (χ4n) is 2.32. The number of aliphatic carboxylic acids is 1. The minimum absolute atomic E-state index is 0.315. The van der Waals surface area contributed by atoms with E-state index in [9.17, 15) is 9.59 Å². The first-order valence-electron chi connectivity index (χ1n) is 7.07. The maximum Gasteiger partial charge on any atom is 0.323 e. The van der Waals surface area contributed by atoms with Gasteiger partial charge in [0.05, 0.1) is 23.1 Å². The Labute approximate surface area is 129 Å². The molecule has 6 heteroatoms. The highest BCUT2D eigenvalue weighted by Crippen LogP contribution is 2.18. The second-order valence-electron chi connectivity index (χ2n) is 5.06. The maximum absolute atomic E-state index is 12.5. The number of rotatable bonds is 5. The molecule has 2 aromatic rings. The van der Waals surface area contributed by atoms with Crippen molar-refractivity contribution in [1.29, 1.82) is 0 Å². The Morgan fingerprint density at radius 1 is 1.27 bits per heavy atom. The van der Waals surface area contributed by atoms with Crippen LogP contribution >= 0.6 is 0 Å². The normalized spacial score (nSPS) is 10.5. The fourth-order valence-corrected chi connectivity index (χ4v) is 2.32. The topological polar surface area (TPSA) is 75.4 Å². The summed E-state index contributed by atoms with van der Waals surface area (Å²) in [4.78, 5) is 24.6. The van der Waals surface area contributed by atoms with E-state index in [1.807, 2.05) is 31.2 Å². The van der Waals surface area contributed by atoms with Crippen LogP contribution in [0.1, 0.15) is 28.5 Å². The minimum atomic E-state index is -1.03. The van der Waals surface area contributed by atoms with Crippen molar-refractivity contribution in [1.82, 2.24) is 14.7 Å². The zero-order valence-corrected chi connectivity index (χ0v) is 12.9. The van der Waals surface area contributed by atoms with Gasteiger partial charge in [0.2, 0.25) is 0 Å². The van der Waals surface area contributed by atoms with Crippen molar-refractivity contribution in [3.63, 3.8) is 0 Å². The Hall–Kier alpha value is -2.63. The van der Waals surface area contributed by atoms with Crippen molar-refractivity contribution < 1.29 is 14.7 Å². The molecule has 6 nitrogen and oxygen atoms in total. The molecule has 0 atom stereocenters. The molecule has 0 aliphatic carbocycles. The molecule has 0 fully saturated rings. The molecule has 22 heavy (non-hydrogen) atoms. The van der Waals surface area contributed by atoms with Gasteiger partial charge in [-0.05, 0) is 32.4 Å². The number of carbonyl (C=O) groups excluding carboxylic acids is 1. The van der Waals surface area contributed by atoms with E-state index in [-0.39, 0.29) is 12.5 Å². The van der Waals surface area contributed by atoms with Crippen molar-refractivity contribution in [3.05, 3.63) is 47.3 Å². The lowest BCUT2D eigenvalue weighted by molar-refractivity contribution is -0.137. The monoisotopic (exact) mass is 301 g/mol. The van der Waals surface area contributed by atoms with Crippen molar-refractivity contribution in [2.24, 2.45) is 0 Å². The van der Waals surface area contributed by atoms with Crippen LogP contribution in [-0.2, 0) is 4.79 Å². The molecular weight excluding hydrogens is 282 g/mol. The molecule has 2 rings (SSSR count). The Morgan fingerprint density at radius 3 is 2.55 bits per heavy atom. The second kappa shape index (κ2) is 6.43. The summed E-state index contributed by atoms with van der Waals surface area (Å²) in [6.45, 7) is 5.55. The van der Waals surface area contributed by atoms with Gasteiger partial charge >= 0.3 is 5.97 Å². The summed E-state index contributed by atoms with van der Waals surface area (Å²) < 4.78 is 1.71. The summed E-state index contributed by atoms with van der Waals surface area (Å²) in [5.41, 5.74) is 3.07. The minimum Gasteiger partial charge on any atom is -0.480 e. The average molecular weight is 301 g/mol. The number of para-hydroxylation sites is 1. The molecule has 0 saturated heterocycles. The summed E-state index contributed by atoms with van der Waals surface area (Å²) >= 11 is 0. The van der Waals surface area contributed by atoms with Gasteiger partial charge in [0.1, 0.15) is 6.54 Å². The lowest BCUT2D eigenvalue weighted by atomic mass is 10.2. The van der Waals surface area contributed by atoms with Gasteiger partial charge in [-0.3, -0.25) is 9.59 Å². The lowest BCUT2D eigenvalue weighted by Crippen LogP contribution is -2.35. The van der Waals surface area contributed by atoms with Crippen molar-refractivity contribution >= 4 is 11.9 Å². The Bertz CT molecular complexity index is 706. The molecule has 0 aliphatic rings. The first-order chi connectivity index (χ1) is 10.5. The van der Waals surface area contributed by atoms with Gasteiger partial charge in [-0.15, -0.1) is 0 Å². The summed E-state index contributed by atoms with van der Waals surface area (Å²) in [7, 11) is 0. The SMILES string of the molecule is CCN(CC(=O)O)C(=O)c1cnn(-c2ccccc2C)c1C. The summed E-state index contributed by atoms with van der Waals surface area (Å²) in [5.74, 6) is -1.35. The summed E-state index contributed by atoms with van der Waals surface area (Å²) in [6.07, 6.45) is 1.49. The second-order valence-corrected chi connectivity index (χ2v) is 5.06. The van der Waals surface area contributed by atoms with Gasteiger partial charge in [0.25, 0.3) is 5.91 Å². The maximum atomic E-state index is 12.5. The van der Waals surface area contributed by atoms with Crippen LogP contribution in [0.3, 0.4) is 0 Å². The van der Waals surface area contributed by atoms with Crippen LogP contribution in [0.5, 0.6) is 0 Å². The molecule has 1 aromatic carbocycles. The molecule has 1 heterocycles. The lowest BCUT2D eigenvalue weighted by Gasteiger charge is -2.18. The number of carbonyl (C=O) groups is 2. The van der Waals surface area contributed by atoms with E-state index in [1.54, 1.807) is 18.5 Å². The van der Waals surface area contributed by atoms with Crippen LogP contribution < -0.4 is 0 Å². The van der Waals surface area contributed by atoms with Gasteiger partial charge < -0.3 is 10.0 Å². The molecule has 0 unspecified atom stereocenters. The molecular formula is C16H19N3O3. The standard InChI is InChI=1S/C16H19N3O3/c1-4-18(10-15(20)21)16(22)13-9-17-19(12(13)3)14-8-6-5-7-11(14)2/h5-9H,4,10H2,1-3H3,(H,20,21). The van der Waals surface area contributed by atoms with E-state index in [2.05, 4.69) is 5.10 Å². The Kier molecular flexibility index (Phi) is 4.60. The predicted octanol–water partition coefficient (Wildman–Crippen LogP) is 2.04. The van der Waals surface area contributed by atoms with E-state index in [1.165, 1.54) is 11.1 Å². The van der Waals surface area contributed by atoms with Crippen LogP contribution in [0.25, 0.3) is 5.69 Å². The van der Waals surface area contributed by atoms with E-state index >= 15 is 0 Å². The van der Waals surface area contributed by atoms with E-state index in [0.717, 1.165) is 11.3 Å². The number of nitrogens with zero attached hydrogens (tertiary/aromatic N) is 3. The molecule has 1 aromatic heterocycles. The quantitative estimate of drug-likeness (QED) is 0.917. The molecule has 0 spiro atoms. The molecule has 1 N–H and O–H groups in total. The van der Waals surface area contributed by atoms with Crippen molar-refractivity contribution in [2.45, 2.75) is 20.8 Å². The number of aromatic nitrogens is 2. The number of hydrogen-bond acceptors (Lipinski definition) is 3. The molecule has 1 amide bonds. The molecule has 0 radical (unpaired) electrons. The van der Waals surface area contributed by atoms with Crippen LogP contribution in [0, 0.1) is 13.8 Å². The molecule has 0 bridgehead atoms. The first kappa shape index (κ1) is 15.8. The highest BCUT2D eigenvalue weighted by molar-refractivity contribution is 5.96. The molecule has 0 saturated carbocycles. The van der Waals surface area contributed by atoms with Gasteiger partial charge in [-0.1, -0.05) is 18.2 Å². The van der Waals surface area contributed by atoms with E-state index in [4.69, 9.17) is 5.11 Å². The van der Waals surface area contributed by atoms with Gasteiger partial charge in [0, 0.05) is 6.54 Å². The number of benzene rings is 1. The number of hydrogen-bond donors (Lipinski definition) is 1. The number of carboxylic acid groups (broad SMARTS) is 1. The third-order valence-corrected chi connectivity index (χ3v) is 3.58. The molecule has 0 aliphatic heterocycles. The van der Waals surface area contributed by atoms with Crippen LogP contribution in [0.15, 0.2) is 30.5 Å². The smallest absolute Gasteiger partial charge is 0.323 e. The van der Waals surface area contributed by atoms with Crippen LogP contribution in [0.4, 0.5) is 0 Å². The van der Waals surface area contributed by atoms with Crippen LogP contribution in [0.2, 0.25) is 0 Å². The van der Waals surface area contributed by atoms with E-state index < -0.39 is 5.97 Å². The first-order valence-corrected chi connectivity index (χ1v) is 7.07. The zero-order chi connectivity index (χ0) is 16.3. The highest BCUT2D eigenvalue weighted by Gasteiger charge is 2.22. The molecule has 116 valence electrons. The fraction of sp³-hybridized carbons (Fsp3) is 0.312. The van der Waals surface area contributed by atoms with Crippen LogP contribution in [-0.4, -0.2) is 44.8 Å². The third-order valence-electron chi connectivity index (χ3n) is 3.58. The largest absolute Gasteiger partial charge is 0.480 e. The third kappa shape index (κ3) is 3.00. The number of carboxylic acids is 1. The van der Waals surface area contributed by atoms with Crippen molar-refractivity contribution in [2.75, 3.05) is 13.1 Å². The predicted molar refractivity (Wildman–Crippen MR) is 82.3 cm³/mol. The summed E-state index contributed by atoms with van der Waals surface area (Å²) in [5, 5.41) is 13.2. The Morgan fingerprint density at radius 2 is 1.95 bits per heavy atom. The van der Waals surface area contributed by atoms with Gasteiger partial charge in [-0.25, -0.2) is 4.68 Å². The number of amides is 1. The van der Waals surface area contributed by atoms with E-state index in [0.29, 0.717) is 17.8 Å². The average Bonchev–Trinajstić information content (AvgIpc) is 2.86. The number of likely N-dealkylation sites (N-methyl/N-ethyl adjacent to an activating group) is 1. The number of aryl methyl sites for hydroxylation is 1.